The lowest BCUT2D eigenvalue weighted by atomic mass is 10.0. The maximum Gasteiger partial charge on any atom is 0.471 e. The Labute approximate surface area is 334 Å². The fourth-order valence-electron chi connectivity index (χ4n) is 7.72. The van der Waals surface area contributed by atoms with Crippen molar-refractivity contribution in [3.05, 3.63) is 53.9 Å². The third-order valence-electron chi connectivity index (χ3n) is 11.1. The van der Waals surface area contributed by atoms with Gasteiger partial charge in [0.1, 0.15) is 40.6 Å². The first-order chi connectivity index (χ1) is 27.7. The van der Waals surface area contributed by atoms with E-state index in [4.69, 9.17) is 18.9 Å². The first kappa shape index (κ1) is 39.6. The van der Waals surface area contributed by atoms with E-state index >= 15 is 0 Å². The minimum atomic E-state index is -5.28. The van der Waals surface area contributed by atoms with E-state index in [1.807, 2.05) is 28.9 Å². The van der Waals surface area contributed by atoms with E-state index in [0.717, 1.165) is 9.78 Å². The first-order valence-corrected chi connectivity index (χ1v) is 21.4. The standard InChI is InChI=1S/C39H40F3N5O9S2/c1-54-22-11-14-25-29(17-22)56-33-30(18-27(43-32(25)33)31-10-7-15-57-31)55-23-16-28-34(48)45-38(36(50)46-58(52,53)24-12-13-24)19-21(38)8-5-3-2-4-6-9-26(35(49)47(28)20-23)44-37(51)39(40,41)42/h5,7-8,10-11,14-15,17-18,21,23-24,26,28H,2-4,6,9,12-13,16,19-20H2,1H3,(H,44,51)(H,45,48)(H,46,50)/b8-5-/t21-,23-,26+,28+,38-/m1/s1. The van der Waals surface area contributed by atoms with E-state index in [9.17, 15) is 40.8 Å². The van der Waals surface area contributed by atoms with E-state index in [1.165, 1.54) is 18.4 Å². The van der Waals surface area contributed by atoms with Crippen molar-refractivity contribution >= 4 is 67.1 Å². The zero-order chi connectivity index (χ0) is 41.0. The second-order valence-electron chi connectivity index (χ2n) is 15.1. The topological polar surface area (TPSA) is 186 Å². The van der Waals surface area contributed by atoms with Crippen molar-refractivity contribution < 1.29 is 54.7 Å². The summed E-state index contributed by atoms with van der Waals surface area (Å²) < 4.78 is 86.6. The van der Waals surface area contributed by atoms with Gasteiger partial charge in [-0.15, -0.1) is 11.3 Å². The number of sulfonamides is 1. The number of allylic oxidation sites excluding steroid dienone is 1. The van der Waals surface area contributed by atoms with Gasteiger partial charge in [0.2, 0.25) is 21.8 Å². The molecule has 5 heterocycles. The summed E-state index contributed by atoms with van der Waals surface area (Å²) in [7, 11) is -2.48. The van der Waals surface area contributed by atoms with Crippen molar-refractivity contribution in [1.82, 2.24) is 25.2 Å². The number of aromatic nitrogens is 1. The molecule has 2 aliphatic heterocycles. The molecule has 4 amide bonds. The summed E-state index contributed by atoms with van der Waals surface area (Å²) in [6, 6.07) is 7.62. The summed E-state index contributed by atoms with van der Waals surface area (Å²) in [5, 5.41) is 6.42. The van der Waals surface area contributed by atoms with Crippen LogP contribution in [0.15, 0.2) is 58.3 Å². The summed E-state index contributed by atoms with van der Waals surface area (Å²) in [6.45, 7) is -0.292. The van der Waals surface area contributed by atoms with Crippen molar-refractivity contribution in [3.63, 3.8) is 0 Å². The number of pyridine rings is 1. The summed E-state index contributed by atoms with van der Waals surface area (Å²) in [4.78, 5) is 61.4. The second kappa shape index (κ2) is 15.2. The first-order valence-electron chi connectivity index (χ1n) is 19.0. The minimum absolute atomic E-state index is 0.0868. The molecule has 2 saturated carbocycles. The van der Waals surface area contributed by atoms with Gasteiger partial charge in [0.25, 0.3) is 5.91 Å². The zero-order valence-electron chi connectivity index (χ0n) is 31.2. The number of fused-ring (bicyclic) bond motifs is 5. The van der Waals surface area contributed by atoms with Crippen molar-refractivity contribution in [2.75, 3.05) is 13.7 Å². The third-order valence-corrected chi connectivity index (χ3v) is 13.8. The van der Waals surface area contributed by atoms with Gasteiger partial charge in [-0.3, -0.25) is 23.9 Å². The van der Waals surface area contributed by atoms with Crippen molar-refractivity contribution in [2.45, 2.75) is 92.9 Å². The van der Waals surface area contributed by atoms with E-state index < -0.39 is 74.7 Å². The van der Waals surface area contributed by atoms with Crippen LogP contribution in [0, 0.1) is 5.92 Å². The number of thiophene rings is 1. The fraction of sp³-hybridized carbons (Fsp3) is 0.462. The summed E-state index contributed by atoms with van der Waals surface area (Å²) in [5.74, 6) is -4.77. The van der Waals surface area contributed by atoms with Crippen LogP contribution in [-0.2, 0) is 29.2 Å². The number of rotatable bonds is 8. The SMILES string of the molecule is COc1ccc2c(c1)oc1c(O[C@@H]3C[C@H]4C(=O)N[C@]5(C(=O)NS(=O)(=O)C6CC6)C[C@H]5/C=C\CCCCC[C@H](NC(=O)C(F)(F)F)C(=O)N4C3)cc(-c3cccs3)nc12. The van der Waals surface area contributed by atoms with Gasteiger partial charge in [-0.25, -0.2) is 13.4 Å². The Balaban J connectivity index is 1.15. The predicted octanol–water partition coefficient (Wildman–Crippen LogP) is 5.12. The number of halogens is 3. The number of hydrogen-bond acceptors (Lipinski definition) is 11. The number of ether oxygens (including phenoxy) is 2. The Morgan fingerprint density at radius 3 is 2.64 bits per heavy atom. The highest BCUT2D eigenvalue weighted by molar-refractivity contribution is 7.91. The molecular weight excluding hydrogens is 804 g/mol. The number of nitrogens with zero attached hydrogens (tertiary/aromatic N) is 2. The molecule has 0 radical (unpaired) electrons. The lowest BCUT2D eigenvalue weighted by Gasteiger charge is -2.30. The average Bonchev–Trinajstić information content (AvgIpc) is 3.98. The van der Waals surface area contributed by atoms with Gasteiger partial charge in [0.05, 0.1) is 29.5 Å². The molecule has 0 spiro atoms. The lowest BCUT2D eigenvalue weighted by molar-refractivity contribution is -0.175. The molecule has 0 unspecified atom stereocenters. The fourth-order valence-corrected chi connectivity index (χ4v) is 9.77. The highest BCUT2D eigenvalue weighted by atomic mass is 32.2. The number of furan rings is 1. The van der Waals surface area contributed by atoms with Crippen LogP contribution in [0.4, 0.5) is 13.2 Å². The third kappa shape index (κ3) is 7.85. The lowest BCUT2D eigenvalue weighted by Crippen LogP contribution is -2.58. The molecule has 4 aliphatic rings. The van der Waals surface area contributed by atoms with Crippen molar-refractivity contribution in [3.8, 4) is 22.1 Å². The number of carbonyl (C=O) groups excluding carboxylic acids is 4. The van der Waals surface area contributed by atoms with Gasteiger partial charge in [0.15, 0.2) is 11.3 Å². The largest absolute Gasteiger partial charge is 0.497 e. The van der Waals surface area contributed by atoms with Crippen molar-refractivity contribution in [1.29, 1.82) is 0 Å². The molecule has 1 aromatic carbocycles. The number of nitrogens with one attached hydrogen (secondary N) is 3. The maximum absolute atomic E-state index is 14.4. The molecule has 8 rings (SSSR count). The molecule has 5 atom stereocenters. The van der Waals surface area contributed by atoms with Crippen LogP contribution in [0.3, 0.4) is 0 Å². The van der Waals surface area contributed by atoms with E-state index in [1.54, 1.807) is 30.3 Å². The smallest absolute Gasteiger partial charge is 0.471 e. The monoisotopic (exact) mass is 843 g/mol. The molecule has 19 heteroatoms. The number of benzene rings is 1. The molecule has 308 valence electrons. The Kier molecular flexibility index (Phi) is 10.4. The van der Waals surface area contributed by atoms with E-state index in [-0.39, 0.29) is 37.1 Å². The number of carbonyl (C=O) groups is 4. The molecule has 3 N–H and O–H groups in total. The second-order valence-corrected chi connectivity index (χ2v) is 18.1. The summed E-state index contributed by atoms with van der Waals surface area (Å²) in [5.41, 5.74) is 0.0771. The molecule has 14 nitrogen and oxygen atoms in total. The highest BCUT2D eigenvalue weighted by Crippen LogP contribution is 2.46. The maximum atomic E-state index is 14.4. The summed E-state index contributed by atoms with van der Waals surface area (Å²) in [6.07, 6.45) is -0.169. The van der Waals surface area contributed by atoms with Crippen LogP contribution in [0.5, 0.6) is 11.5 Å². The number of alkyl halides is 3. The average molecular weight is 844 g/mol. The van der Waals surface area contributed by atoms with Crippen molar-refractivity contribution in [2.24, 2.45) is 5.92 Å². The molecule has 3 aromatic heterocycles. The number of methoxy groups -OCH3 is 1. The van der Waals surface area contributed by atoms with Crippen LogP contribution in [0.25, 0.3) is 32.6 Å². The van der Waals surface area contributed by atoms with Crippen LogP contribution in [0.2, 0.25) is 0 Å². The Morgan fingerprint density at radius 2 is 1.91 bits per heavy atom. The molecule has 2 aliphatic carbocycles. The van der Waals surface area contributed by atoms with Gasteiger partial charge in [-0.1, -0.05) is 31.1 Å². The molecule has 4 aromatic rings. The van der Waals surface area contributed by atoms with E-state index in [2.05, 4.69) is 10.0 Å². The number of hydrogen-bond donors (Lipinski definition) is 3. The van der Waals surface area contributed by atoms with Gasteiger partial charge >= 0.3 is 12.1 Å². The normalized spacial score (nSPS) is 26.2. The van der Waals surface area contributed by atoms with Crippen LogP contribution < -0.4 is 24.8 Å². The van der Waals surface area contributed by atoms with Gasteiger partial charge < -0.3 is 29.4 Å². The molecular formula is C39H40F3N5O9S2. The van der Waals surface area contributed by atoms with Crippen LogP contribution in [-0.4, -0.2) is 90.7 Å². The van der Waals surface area contributed by atoms with Gasteiger partial charge in [0, 0.05) is 29.9 Å². The number of amides is 4. The van der Waals surface area contributed by atoms with Crippen LogP contribution >= 0.6 is 11.3 Å². The summed E-state index contributed by atoms with van der Waals surface area (Å²) >= 11 is 1.44. The highest BCUT2D eigenvalue weighted by Gasteiger charge is 2.62. The molecule has 58 heavy (non-hydrogen) atoms. The minimum Gasteiger partial charge on any atom is -0.497 e. The Hall–Kier alpha value is -5.17. The molecule has 1 saturated heterocycles. The molecule has 3 fully saturated rings. The van der Waals surface area contributed by atoms with E-state index in [0.29, 0.717) is 66.5 Å². The Morgan fingerprint density at radius 1 is 1.10 bits per heavy atom. The van der Waals surface area contributed by atoms with Gasteiger partial charge in [-0.2, -0.15) is 13.2 Å². The van der Waals surface area contributed by atoms with Crippen LogP contribution in [0.1, 0.15) is 57.8 Å². The quantitative estimate of drug-likeness (QED) is 0.201. The zero-order valence-corrected chi connectivity index (χ0v) is 32.8. The van der Waals surface area contributed by atoms with Gasteiger partial charge in [-0.05, 0) is 62.1 Å². The Bertz CT molecular complexity index is 2420. The molecule has 0 bridgehead atoms. The predicted molar refractivity (Wildman–Crippen MR) is 205 cm³/mol.